The Morgan fingerprint density at radius 3 is 2.89 bits per heavy atom. The van der Waals surface area contributed by atoms with E-state index < -0.39 is 0 Å². The van der Waals surface area contributed by atoms with Gasteiger partial charge in [0, 0.05) is 31.1 Å². The van der Waals surface area contributed by atoms with Crippen molar-refractivity contribution < 1.29 is 10.3 Å². The molecule has 2 atom stereocenters. The molecule has 0 amide bonds. The van der Waals surface area contributed by atoms with Gasteiger partial charge in [0.05, 0.1) is 5.71 Å². The molecule has 1 aliphatic heterocycles. The molecule has 3 rings (SSSR count). The van der Waals surface area contributed by atoms with Crippen LogP contribution in [0.25, 0.3) is 0 Å². The lowest BCUT2D eigenvalue weighted by Crippen LogP contribution is -2.45. The summed E-state index contributed by atoms with van der Waals surface area (Å²) >= 11 is 0. The highest BCUT2D eigenvalue weighted by Gasteiger charge is 2.39. The molecule has 19 heavy (non-hydrogen) atoms. The molecule has 2 aliphatic rings. The number of nitrogens with zero attached hydrogens (tertiary/aromatic N) is 2. The molecular formula is C15H18N2O2. The molecule has 1 saturated heterocycles. The second-order valence-corrected chi connectivity index (χ2v) is 5.36. The van der Waals surface area contributed by atoms with Gasteiger partial charge < -0.3 is 10.3 Å². The Balaban J connectivity index is 2.07. The van der Waals surface area contributed by atoms with Gasteiger partial charge in [0.2, 0.25) is 0 Å². The van der Waals surface area contributed by atoms with Crippen molar-refractivity contribution in [2.24, 2.45) is 11.1 Å². The Morgan fingerprint density at radius 2 is 2.16 bits per heavy atom. The molecule has 1 heterocycles. The van der Waals surface area contributed by atoms with Crippen molar-refractivity contribution in [1.82, 2.24) is 4.90 Å². The summed E-state index contributed by atoms with van der Waals surface area (Å²) in [5, 5.41) is 22.9. The van der Waals surface area contributed by atoms with E-state index in [4.69, 9.17) is 0 Å². The Morgan fingerprint density at radius 1 is 1.37 bits per heavy atom. The van der Waals surface area contributed by atoms with Crippen LogP contribution in [0.5, 0.6) is 5.75 Å². The van der Waals surface area contributed by atoms with Gasteiger partial charge >= 0.3 is 0 Å². The van der Waals surface area contributed by atoms with Crippen LogP contribution in [0.1, 0.15) is 23.5 Å². The van der Waals surface area contributed by atoms with Crippen molar-refractivity contribution in [3.8, 4) is 5.75 Å². The second-order valence-electron chi connectivity index (χ2n) is 5.36. The number of likely N-dealkylation sites (tertiary alicyclic amines) is 1. The molecule has 1 aromatic carbocycles. The predicted molar refractivity (Wildman–Crippen MR) is 73.9 cm³/mol. The standard InChI is InChI=1S/C15H18N2O2/c1-2-6-17-8-10-7-11(9-17)15(16-19)14-12(10)4-3-5-13(14)18/h2-5,10-11,18-19H,1,6-9H2/b16-15+. The van der Waals surface area contributed by atoms with E-state index in [1.807, 2.05) is 18.2 Å². The van der Waals surface area contributed by atoms with Crippen LogP contribution in [0, 0.1) is 5.92 Å². The lowest BCUT2D eigenvalue weighted by molar-refractivity contribution is 0.192. The van der Waals surface area contributed by atoms with E-state index in [9.17, 15) is 10.3 Å². The number of fused-ring (bicyclic) bond motifs is 4. The predicted octanol–water partition coefficient (Wildman–Crippen LogP) is 2.18. The fraction of sp³-hybridized carbons (Fsp3) is 0.400. The van der Waals surface area contributed by atoms with Gasteiger partial charge in [-0.2, -0.15) is 0 Å². The number of phenolic OH excluding ortho intramolecular Hbond substituents is 1. The normalized spacial score (nSPS) is 28.1. The van der Waals surface area contributed by atoms with Gasteiger partial charge in [-0.3, -0.25) is 4.90 Å². The van der Waals surface area contributed by atoms with Gasteiger partial charge in [0.15, 0.2) is 0 Å². The maximum Gasteiger partial charge on any atom is 0.125 e. The maximum atomic E-state index is 10.1. The van der Waals surface area contributed by atoms with Gasteiger partial charge in [-0.05, 0) is 24.0 Å². The number of hydrogen-bond donors (Lipinski definition) is 2. The summed E-state index contributed by atoms with van der Waals surface area (Å²) < 4.78 is 0. The van der Waals surface area contributed by atoms with E-state index in [0.717, 1.165) is 37.2 Å². The van der Waals surface area contributed by atoms with Crippen molar-refractivity contribution in [1.29, 1.82) is 0 Å². The van der Waals surface area contributed by atoms with Crippen molar-refractivity contribution in [2.45, 2.75) is 12.3 Å². The Labute approximate surface area is 112 Å². The van der Waals surface area contributed by atoms with E-state index in [0.29, 0.717) is 11.6 Å². The number of benzene rings is 1. The van der Waals surface area contributed by atoms with Crippen molar-refractivity contribution in [2.75, 3.05) is 19.6 Å². The number of piperidine rings is 1. The van der Waals surface area contributed by atoms with Crippen LogP contribution >= 0.6 is 0 Å². The number of hydrogen-bond acceptors (Lipinski definition) is 4. The molecule has 0 saturated carbocycles. The van der Waals surface area contributed by atoms with Crippen LogP contribution in [0.3, 0.4) is 0 Å². The van der Waals surface area contributed by atoms with Crippen LogP contribution < -0.4 is 0 Å². The summed E-state index contributed by atoms with van der Waals surface area (Å²) in [6.45, 7) is 6.46. The average molecular weight is 258 g/mol. The lowest BCUT2D eigenvalue weighted by atomic mass is 9.72. The van der Waals surface area contributed by atoms with Gasteiger partial charge in [-0.1, -0.05) is 23.4 Å². The fourth-order valence-electron chi connectivity index (χ4n) is 3.46. The molecule has 4 heteroatoms. The third kappa shape index (κ3) is 1.92. The minimum atomic E-state index is 0.185. The zero-order chi connectivity index (χ0) is 13.4. The van der Waals surface area contributed by atoms with Crippen molar-refractivity contribution >= 4 is 5.71 Å². The molecule has 2 N–H and O–H groups in total. The molecule has 1 fully saturated rings. The third-order valence-corrected chi connectivity index (χ3v) is 4.18. The minimum absolute atomic E-state index is 0.185. The summed E-state index contributed by atoms with van der Waals surface area (Å²) in [6, 6.07) is 5.54. The summed E-state index contributed by atoms with van der Waals surface area (Å²) in [6.07, 6.45) is 2.89. The molecule has 2 bridgehead atoms. The molecule has 0 spiro atoms. The van der Waals surface area contributed by atoms with Gasteiger partial charge in [0.1, 0.15) is 5.75 Å². The van der Waals surface area contributed by atoms with Gasteiger partial charge in [-0.25, -0.2) is 0 Å². The number of oxime groups is 1. The summed E-state index contributed by atoms with van der Waals surface area (Å²) in [7, 11) is 0. The average Bonchev–Trinajstić information content (AvgIpc) is 2.41. The first kappa shape index (κ1) is 12.2. The first-order valence-electron chi connectivity index (χ1n) is 6.62. The molecule has 100 valence electrons. The highest BCUT2D eigenvalue weighted by molar-refractivity contribution is 6.06. The molecule has 2 unspecified atom stereocenters. The smallest absolute Gasteiger partial charge is 0.125 e. The van der Waals surface area contributed by atoms with Gasteiger partial charge in [0.25, 0.3) is 0 Å². The zero-order valence-corrected chi connectivity index (χ0v) is 10.8. The maximum absolute atomic E-state index is 10.1. The van der Waals surface area contributed by atoms with Crippen LogP contribution in [-0.4, -0.2) is 40.6 Å². The van der Waals surface area contributed by atoms with Crippen LogP contribution in [0.4, 0.5) is 0 Å². The van der Waals surface area contributed by atoms with Crippen LogP contribution in [-0.2, 0) is 0 Å². The number of phenols is 1. The SMILES string of the molecule is C=CCN1CC2CC(C1)c1cccc(O)c1/C2=N/O. The monoisotopic (exact) mass is 258 g/mol. The lowest BCUT2D eigenvalue weighted by Gasteiger charge is -2.42. The van der Waals surface area contributed by atoms with E-state index in [1.54, 1.807) is 6.07 Å². The number of rotatable bonds is 2. The highest BCUT2D eigenvalue weighted by atomic mass is 16.4. The van der Waals surface area contributed by atoms with E-state index in [2.05, 4.69) is 16.6 Å². The van der Waals surface area contributed by atoms with Crippen molar-refractivity contribution in [3.63, 3.8) is 0 Å². The molecule has 1 aliphatic carbocycles. The van der Waals surface area contributed by atoms with E-state index in [1.165, 1.54) is 0 Å². The summed E-state index contributed by atoms with van der Waals surface area (Å²) in [5.41, 5.74) is 2.46. The number of aromatic hydroxyl groups is 1. The quantitative estimate of drug-likeness (QED) is 0.485. The fourth-order valence-corrected chi connectivity index (χ4v) is 3.46. The van der Waals surface area contributed by atoms with E-state index in [-0.39, 0.29) is 11.7 Å². The second kappa shape index (κ2) is 4.70. The van der Waals surface area contributed by atoms with Crippen LogP contribution in [0.2, 0.25) is 0 Å². The van der Waals surface area contributed by atoms with E-state index >= 15 is 0 Å². The molecular weight excluding hydrogens is 240 g/mol. The zero-order valence-electron chi connectivity index (χ0n) is 10.8. The molecule has 0 aromatic heterocycles. The highest BCUT2D eigenvalue weighted by Crippen LogP contribution is 2.42. The Hall–Kier alpha value is -1.81. The topological polar surface area (TPSA) is 56.1 Å². The first-order chi connectivity index (χ1) is 9.24. The Bertz CT molecular complexity index is 539. The van der Waals surface area contributed by atoms with Gasteiger partial charge in [-0.15, -0.1) is 6.58 Å². The summed E-state index contributed by atoms with van der Waals surface area (Å²) in [4.78, 5) is 2.32. The Kier molecular flexibility index (Phi) is 3.03. The minimum Gasteiger partial charge on any atom is -0.507 e. The third-order valence-electron chi connectivity index (χ3n) is 4.18. The van der Waals surface area contributed by atoms with Crippen LogP contribution in [0.15, 0.2) is 36.0 Å². The largest absolute Gasteiger partial charge is 0.507 e. The van der Waals surface area contributed by atoms with Crippen molar-refractivity contribution in [3.05, 3.63) is 42.0 Å². The first-order valence-corrected chi connectivity index (χ1v) is 6.62. The molecule has 0 radical (unpaired) electrons. The summed E-state index contributed by atoms with van der Waals surface area (Å²) in [5.74, 6) is 0.799. The molecule has 1 aromatic rings. The molecule has 4 nitrogen and oxygen atoms in total.